The summed E-state index contributed by atoms with van der Waals surface area (Å²) >= 11 is 6.30. The molecule has 0 aliphatic carbocycles. The van der Waals surface area contributed by atoms with Crippen molar-refractivity contribution < 1.29 is 4.57 Å². The molecule has 2 aromatic carbocycles. The first-order valence-electron chi connectivity index (χ1n) is 8.69. The molecule has 4 aromatic rings. The molecule has 8 heteroatoms. The SMILES string of the molecule is CP(C)(=O)c1ccccc1Nc1nc(Nc2cccc3cc[nH]c23)ncc1Cl. The molecule has 2 aromatic heterocycles. The summed E-state index contributed by atoms with van der Waals surface area (Å²) in [6, 6.07) is 15.4. The van der Waals surface area contributed by atoms with Gasteiger partial charge in [-0.3, -0.25) is 0 Å². The molecule has 0 fully saturated rings. The number of halogens is 1. The molecule has 4 rings (SSSR count). The van der Waals surface area contributed by atoms with E-state index >= 15 is 0 Å². The predicted octanol–water partition coefficient (Wildman–Crippen LogP) is 5.35. The summed E-state index contributed by atoms with van der Waals surface area (Å²) in [7, 11) is -2.46. The van der Waals surface area contributed by atoms with Crippen LogP contribution in [0.2, 0.25) is 5.02 Å². The summed E-state index contributed by atoms with van der Waals surface area (Å²) in [4.78, 5) is 12.0. The Labute approximate surface area is 167 Å². The number of aromatic nitrogens is 3. The molecule has 2 heterocycles. The smallest absolute Gasteiger partial charge is 0.229 e. The predicted molar refractivity (Wildman–Crippen MR) is 117 cm³/mol. The second kappa shape index (κ2) is 7.30. The summed E-state index contributed by atoms with van der Waals surface area (Å²) in [5.74, 6) is 0.849. The Balaban J connectivity index is 1.67. The van der Waals surface area contributed by atoms with E-state index in [2.05, 4.69) is 25.6 Å². The molecule has 0 spiro atoms. The minimum absolute atomic E-state index is 0.375. The zero-order valence-electron chi connectivity index (χ0n) is 15.4. The van der Waals surface area contributed by atoms with Crippen LogP contribution in [0.25, 0.3) is 10.9 Å². The van der Waals surface area contributed by atoms with E-state index in [1.165, 1.54) is 6.20 Å². The van der Waals surface area contributed by atoms with Crippen LogP contribution in [0.5, 0.6) is 0 Å². The molecule has 0 atom stereocenters. The number of rotatable bonds is 5. The van der Waals surface area contributed by atoms with Crippen LogP contribution in [0, 0.1) is 0 Å². The summed E-state index contributed by atoms with van der Waals surface area (Å²) in [5.41, 5.74) is 2.55. The molecule has 142 valence electrons. The number of nitrogens with one attached hydrogen (secondary N) is 3. The van der Waals surface area contributed by atoms with Gasteiger partial charge in [-0.15, -0.1) is 0 Å². The maximum absolute atomic E-state index is 12.6. The molecular weight excluding hydrogens is 393 g/mol. The van der Waals surface area contributed by atoms with Crippen LogP contribution in [0.1, 0.15) is 0 Å². The average molecular weight is 412 g/mol. The van der Waals surface area contributed by atoms with Crippen LogP contribution < -0.4 is 15.9 Å². The first-order valence-corrected chi connectivity index (χ1v) is 11.7. The fourth-order valence-corrected chi connectivity index (χ4v) is 4.29. The van der Waals surface area contributed by atoms with Crippen LogP contribution in [-0.4, -0.2) is 28.3 Å². The number of hydrogen-bond acceptors (Lipinski definition) is 5. The van der Waals surface area contributed by atoms with Gasteiger partial charge in [-0.1, -0.05) is 35.9 Å². The van der Waals surface area contributed by atoms with Crippen molar-refractivity contribution >= 4 is 58.1 Å². The van der Waals surface area contributed by atoms with Crippen LogP contribution in [-0.2, 0) is 4.57 Å². The quantitative estimate of drug-likeness (QED) is 0.386. The van der Waals surface area contributed by atoms with Crippen molar-refractivity contribution in [2.24, 2.45) is 0 Å². The standard InChI is InChI=1S/C20H19ClN5OP/c1-28(2,27)17-9-4-3-7-15(17)24-19-14(21)12-23-20(26-19)25-16-8-5-6-13-10-11-22-18(13)16/h3-12,22H,1-2H3,(H2,23,24,25,26). The van der Waals surface area contributed by atoms with Gasteiger partial charge in [-0.2, -0.15) is 4.98 Å². The van der Waals surface area contributed by atoms with Gasteiger partial charge in [-0.05, 0) is 37.6 Å². The minimum atomic E-state index is -2.46. The number of nitrogens with zero attached hydrogens (tertiary/aromatic N) is 2. The van der Waals surface area contributed by atoms with Gasteiger partial charge in [0, 0.05) is 16.9 Å². The largest absolute Gasteiger partial charge is 0.359 e. The molecule has 0 amide bonds. The summed E-state index contributed by atoms with van der Waals surface area (Å²) in [6.45, 7) is 3.47. The number of hydrogen-bond donors (Lipinski definition) is 3. The first kappa shape index (κ1) is 18.5. The topological polar surface area (TPSA) is 82.7 Å². The Kier molecular flexibility index (Phi) is 4.84. The molecule has 28 heavy (non-hydrogen) atoms. The number of fused-ring (bicyclic) bond motifs is 1. The summed E-state index contributed by atoms with van der Waals surface area (Å²) in [5, 5.41) is 8.64. The fourth-order valence-electron chi connectivity index (χ4n) is 3.00. The second-order valence-corrected chi connectivity index (χ2v) is 10.3. The highest BCUT2D eigenvalue weighted by molar-refractivity contribution is 7.70. The third-order valence-electron chi connectivity index (χ3n) is 4.32. The molecular formula is C20H19ClN5OP. The molecule has 0 radical (unpaired) electrons. The molecule has 0 unspecified atom stereocenters. The van der Waals surface area contributed by atoms with Gasteiger partial charge in [0.1, 0.15) is 12.2 Å². The van der Waals surface area contributed by atoms with Gasteiger partial charge in [0.15, 0.2) is 5.82 Å². The van der Waals surface area contributed by atoms with Crippen LogP contribution in [0.3, 0.4) is 0 Å². The molecule has 0 saturated heterocycles. The zero-order chi connectivity index (χ0) is 19.7. The molecule has 0 bridgehead atoms. The second-order valence-electron chi connectivity index (χ2n) is 6.76. The van der Waals surface area contributed by atoms with Crippen molar-refractivity contribution in [3.05, 3.63) is 65.9 Å². The van der Waals surface area contributed by atoms with Gasteiger partial charge in [0.2, 0.25) is 5.95 Å². The van der Waals surface area contributed by atoms with Crippen molar-refractivity contribution in [3.8, 4) is 0 Å². The van der Waals surface area contributed by atoms with E-state index in [9.17, 15) is 4.57 Å². The van der Waals surface area contributed by atoms with E-state index in [-0.39, 0.29) is 0 Å². The highest BCUT2D eigenvalue weighted by Crippen LogP contribution is 2.38. The highest BCUT2D eigenvalue weighted by Gasteiger charge is 2.17. The number of para-hydroxylation sites is 2. The normalized spacial score (nSPS) is 11.5. The first-order chi connectivity index (χ1) is 13.4. The van der Waals surface area contributed by atoms with Crippen LogP contribution in [0.15, 0.2) is 60.9 Å². The lowest BCUT2D eigenvalue weighted by atomic mass is 10.2. The number of aromatic amines is 1. The number of benzene rings is 2. The van der Waals surface area contributed by atoms with Gasteiger partial charge in [0.05, 0.1) is 23.1 Å². The average Bonchev–Trinajstić information content (AvgIpc) is 3.14. The van der Waals surface area contributed by atoms with E-state index in [1.807, 2.05) is 54.7 Å². The van der Waals surface area contributed by atoms with E-state index in [1.54, 1.807) is 13.3 Å². The van der Waals surface area contributed by atoms with Crippen molar-refractivity contribution in [1.29, 1.82) is 0 Å². The summed E-state index contributed by atoms with van der Waals surface area (Å²) < 4.78 is 12.6. The molecule has 3 N–H and O–H groups in total. The van der Waals surface area contributed by atoms with E-state index in [0.29, 0.717) is 22.5 Å². The Hall–Kier alpha value is -2.82. The van der Waals surface area contributed by atoms with E-state index in [0.717, 1.165) is 21.9 Å². The van der Waals surface area contributed by atoms with Gasteiger partial charge in [-0.25, -0.2) is 4.98 Å². The molecule has 6 nitrogen and oxygen atoms in total. The molecule has 0 aliphatic heterocycles. The Bertz CT molecular complexity index is 1200. The van der Waals surface area contributed by atoms with E-state index < -0.39 is 7.14 Å². The lowest BCUT2D eigenvalue weighted by Gasteiger charge is -2.16. The Morgan fingerprint density at radius 3 is 2.61 bits per heavy atom. The van der Waals surface area contributed by atoms with Gasteiger partial charge in [0.25, 0.3) is 0 Å². The Morgan fingerprint density at radius 1 is 1.00 bits per heavy atom. The highest BCUT2D eigenvalue weighted by atomic mass is 35.5. The lowest BCUT2D eigenvalue weighted by molar-refractivity contribution is 0.588. The van der Waals surface area contributed by atoms with Gasteiger partial charge < -0.3 is 20.2 Å². The number of anilines is 4. The third-order valence-corrected chi connectivity index (χ3v) is 6.14. The van der Waals surface area contributed by atoms with Crippen LogP contribution in [0.4, 0.5) is 23.1 Å². The summed E-state index contributed by atoms with van der Waals surface area (Å²) in [6.07, 6.45) is 3.42. The Morgan fingerprint density at radius 2 is 1.79 bits per heavy atom. The maximum atomic E-state index is 12.6. The van der Waals surface area contributed by atoms with Crippen molar-refractivity contribution in [2.45, 2.75) is 0 Å². The fraction of sp³-hybridized carbons (Fsp3) is 0.100. The third kappa shape index (κ3) is 3.75. The van der Waals surface area contributed by atoms with Gasteiger partial charge >= 0.3 is 0 Å². The maximum Gasteiger partial charge on any atom is 0.229 e. The molecule has 0 aliphatic rings. The number of H-pyrrole nitrogens is 1. The van der Waals surface area contributed by atoms with Crippen molar-refractivity contribution in [2.75, 3.05) is 24.0 Å². The minimum Gasteiger partial charge on any atom is -0.359 e. The van der Waals surface area contributed by atoms with Crippen molar-refractivity contribution in [3.63, 3.8) is 0 Å². The van der Waals surface area contributed by atoms with Crippen LogP contribution >= 0.6 is 18.7 Å². The van der Waals surface area contributed by atoms with E-state index in [4.69, 9.17) is 11.6 Å². The zero-order valence-corrected chi connectivity index (χ0v) is 17.1. The molecule has 0 saturated carbocycles. The van der Waals surface area contributed by atoms with Crippen molar-refractivity contribution in [1.82, 2.24) is 15.0 Å². The lowest BCUT2D eigenvalue weighted by Crippen LogP contribution is -2.11. The monoisotopic (exact) mass is 411 g/mol.